The second-order valence-corrected chi connectivity index (χ2v) is 5.68. The number of nitrogens with zero attached hydrogens (tertiary/aromatic N) is 1. The third-order valence-corrected chi connectivity index (χ3v) is 4.07. The van der Waals surface area contributed by atoms with Crippen LogP contribution in [0, 0.1) is 6.92 Å². The van der Waals surface area contributed by atoms with Crippen LogP contribution in [0.3, 0.4) is 0 Å². The van der Waals surface area contributed by atoms with E-state index in [2.05, 4.69) is 11.9 Å². The van der Waals surface area contributed by atoms with Gasteiger partial charge in [0.25, 0.3) is 0 Å². The zero-order chi connectivity index (χ0) is 14.5. The van der Waals surface area contributed by atoms with Crippen molar-refractivity contribution >= 4 is 12.6 Å². The fourth-order valence-electron chi connectivity index (χ4n) is 2.81. The van der Waals surface area contributed by atoms with Crippen LogP contribution in [0.25, 0.3) is 0 Å². The summed E-state index contributed by atoms with van der Waals surface area (Å²) in [4.78, 5) is 2.39. The van der Waals surface area contributed by atoms with E-state index in [1.54, 1.807) is 6.07 Å². The molecule has 0 aromatic heterocycles. The van der Waals surface area contributed by atoms with E-state index >= 15 is 0 Å². The molecule has 1 unspecified atom stereocenters. The van der Waals surface area contributed by atoms with Crippen molar-refractivity contribution in [2.24, 2.45) is 0 Å². The van der Waals surface area contributed by atoms with Crippen molar-refractivity contribution in [3.05, 3.63) is 23.8 Å². The molecule has 2 rings (SSSR count). The second kappa shape index (κ2) is 7.11. The summed E-state index contributed by atoms with van der Waals surface area (Å²) >= 11 is 0. The Kier molecular flexibility index (Phi) is 5.46. The minimum atomic E-state index is -1.48. The summed E-state index contributed by atoms with van der Waals surface area (Å²) in [6.07, 6.45) is 4.78. The van der Waals surface area contributed by atoms with Gasteiger partial charge in [-0.2, -0.15) is 0 Å². The molecule has 1 saturated heterocycles. The lowest BCUT2D eigenvalue weighted by molar-refractivity contribution is 0.153. The Morgan fingerprint density at radius 3 is 2.85 bits per heavy atom. The minimum Gasteiger partial charge on any atom is -0.494 e. The third-order valence-electron chi connectivity index (χ3n) is 4.07. The number of piperidine rings is 1. The summed E-state index contributed by atoms with van der Waals surface area (Å²) in [6.45, 7) is 3.69. The molecule has 110 valence electrons. The molecule has 0 spiro atoms. The molecule has 1 aliphatic heterocycles. The minimum absolute atomic E-state index is 0.446. The van der Waals surface area contributed by atoms with Crippen molar-refractivity contribution in [3.63, 3.8) is 0 Å². The molecule has 0 bridgehead atoms. The van der Waals surface area contributed by atoms with Gasteiger partial charge in [-0.15, -0.1) is 0 Å². The van der Waals surface area contributed by atoms with Crippen molar-refractivity contribution in [2.45, 2.75) is 38.6 Å². The molecular weight excluding hydrogens is 253 g/mol. The zero-order valence-corrected chi connectivity index (χ0v) is 12.4. The summed E-state index contributed by atoms with van der Waals surface area (Å²) in [5.74, 6) is 0.573. The Hall–Kier alpha value is -1.04. The van der Waals surface area contributed by atoms with Crippen LogP contribution >= 0.6 is 0 Å². The summed E-state index contributed by atoms with van der Waals surface area (Å²) in [7, 11) is 0.681. The van der Waals surface area contributed by atoms with Crippen molar-refractivity contribution in [2.75, 3.05) is 20.2 Å². The lowest BCUT2D eigenvalue weighted by Crippen LogP contribution is -2.37. The van der Waals surface area contributed by atoms with Gasteiger partial charge in [-0.05, 0) is 45.8 Å². The van der Waals surface area contributed by atoms with E-state index in [1.165, 1.54) is 19.3 Å². The largest absolute Gasteiger partial charge is 0.494 e. The third kappa shape index (κ3) is 3.98. The topological polar surface area (TPSA) is 52.9 Å². The van der Waals surface area contributed by atoms with E-state index in [4.69, 9.17) is 4.74 Å². The molecule has 1 aliphatic rings. The molecular formula is C15H24BNO3. The predicted molar refractivity (Wildman–Crippen MR) is 81.4 cm³/mol. The SMILES string of the molecule is Cc1ccc(OCCC2CCCCN2C)c(B(O)O)c1. The Balaban J connectivity index is 1.90. The van der Waals surface area contributed by atoms with Crippen molar-refractivity contribution < 1.29 is 14.8 Å². The molecule has 0 aliphatic carbocycles. The summed E-state index contributed by atoms with van der Waals surface area (Å²) in [6, 6.07) is 6.08. The molecule has 0 saturated carbocycles. The molecule has 0 radical (unpaired) electrons. The quantitative estimate of drug-likeness (QED) is 0.786. The monoisotopic (exact) mass is 277 g/mol. The Morgan fingerprint density at radius 1 is 1.35 bits per heavy atom. The van der Waals surface area contributed by atoms with Gasteiger partial charge in [-0.3, -0.25) is 0 Å². The van der Waals surface area contributed by atoms with Crippen LogP contribution in [-0.4, -0.2) is 48.3 Å². The summed E-state index contributed by atoms with van der Waals surface area (Å²) in [5, 5.41) is 18.8. The van der Waals surface area contributed by atoms with Gasteiger partial charge in [0, 0.05) is 11.5 Å². The smallest absolute Gasteiger partial charge is 0.492 e. The fourth-order valence-corrected chi connectivity index (χ4v) is 2.81. The van der Waals surface area contributed by atoms with E-state index in [9.17, 15) is 10.0 Å². The Bertz CT molecular complexity index is 439. The standard InChI is InChI=1S/C15H24BNO3/c1-12-6-7-15(14(11-12)16(18)19)20-10-8-13-5-3-4-9-17(13)2/h6-7,11,13,18-19H,3-5,8-10H2,1-2H3. The maximum Gasteiger partial charge on any atom is 0.492 e. The van der Waals surface area contributed by atoms with E-state index in [0.29, 0.717) is 23.9 Å². The normalized spacial score (nSPS) is 19.9. The van der Waals surface area contributed by atoms with Crippen LogP contribution in [-0.2, 0) is 0 Å². The van der Waals surface area contributed by atoms with Crippen LogP contribution in [0.4, 0.5) is 0 Å². The van der Waals surface area contributed by atoms with Crippen LogP contribution in [0.5, 0.6) is 5.75 Å². The zero-order valence-electron chi connectivity index (χ0n) is 12.4. The van der Waals surface area contributed by atoms with Gasteiger partial charge in [-0.25, -0.2) is 0 Å². The van der Waals surface area contributed by atoms with Crippen molar-refractivity contribution in [3.8, 4) is 5.75 Å². The van der Waals surface area contributed by atoms with Gasteiger partial charge >= 0.3 is 7.12 Å². The number of benzene rings is 1. The van der Waals surface area contributed by atoms with Crippen LogP contribution in [0.1, 0.15) is 31.2 Å². The highest BCUT2D eigenvalue weighted by atomic mass is 16.5. The van der Waals surface area contributed by atoms with Crippen molar-refractivity contribution in [1.82, 2.24) is 4.90 Å². The van der Waals surface area contributed by atoms with Gasteiger partial charge in [0.1, 0.15) is 5.75 Å². The van der Waals surface area contributed by atoms with E-state index in [0.717, 1.165) is 18.5 Å². The van der Waals surface area contributed by atoms with E-state index < -0.39 is 7.12 Å². The first-order valence-corrected chi connectivity index (χ1v) is 7.37. The maximum atomic E-state index is 9.39. The van der Waals surface area contributed by atoms with Gasteiger partial charge < -0.3 is 19.7 Å². The molecule has 1 atom stereocenters. The number of hydrogen-bond donors (Lipinski definition) is 2. The maximum absolute atomic E-state index is 9.39. The molecule has 1 fully saturated rings. The molecule has 1 heterocycles. The van der Waals surface area contributed by atoms with E-state index in [-0.39, 0.29) is 0 Å². The molecule has 1 aromatic carbocycles. The first kappa shape index (κ1) is 15.4. The first-order valence-electron chi connectivity index (χ1n) is 7.37. The lowest BCUT2D eigenvalue weighted by atomic mass is 9.79. The number of likely N-dealkylation sites (tertiary alicyclic amines) is 1. The molecule has 5 heteroatoms. The van der Waals surface area contributed by atoms with Crippen LogP contribution in [0.15, 0.2) is 18.2 Å². The lowest BCUT2D eigenvalue weighted by Gasteiger charge is -2.32. The molecule has 1 aromatic rings. The van der Waals surface area contributed by atoms with Gasteiger partial charge in [-0.1, -0.05) is 24.1 Å². The highest BCUT2D eigenvalue weighted by Gasteiger charge is 2.20. The Labute approximate surface area is 121 Å². The average molecular weight is 277 g/mol. The Morgan fingerprint density at radius 2 is 2.15 bits per heavy atom. The molecule has 20 heavy (non-hydrogen) atoms. The van der Waals surface area contributed by atoms with Gasteiger partial charge in [0.05, 0.1) is 6.61 Å². The van der Waals surface area contributed by atoms with Crippen LogP contribution < -0.4 is 10.2 Å². The first-order chi connectivity index (χ1) is 9.58. The number of hydrogen-bond acceptors (Lipinski definition) is 4. The summed E-state index contributed by atoms with van der Waals surface area (Å²) in [5.41, 5.74) is 1.44. The van der Waals surface area contributed by atoms with Gasteiger partial charge in [0.15, 0.2) is 0 Å². The number of ether oxygens (including phenoxy) is 1. The highest BCUT2D eigenvalue weighted by Crippen LogP contribution is 2.18. The van der Waals surface area contributed by atoms with E-state index in [1.807, 2.05) is 19.1 Å². The van der Waals surface area contributed by atoms with Crippen molar-refractivity contribution in [1.29, 1.82) is 0 Å². The second-order valence-electron chi connectivity index (χ2n) is 5.68. The highest BCUT2D eigenvalue weighted by molar-refractivity contribution is 6.59. The average Bonchev–Trinajstić information content (AvgIpc) is 2.42. The molecule has 4 nitrogen and oxygen atoms in total. The number of aryl methyl sites for hydroxylation is 1. The fraction of sp³-hybridized carbons (Fsp3) is 0.600. The molecule has 2 N–H and O–H groups in total. The predicted octanol–water partition coefficient (Wildman–Crippen LogP) is 0.928. The summed E-state index contributed by atoms with van der Waals surface area (Å²) < 4.78 is 5.76. The van der Waals surface area contributed by atoms with Crippen LogP contribution in [0.2, 0.25) is 0 Å². The van der Waals surface area contributed by atoms with Gasteiger partial charge in [0.2, 0.25) is 0 Å². The molecule has 0 amide bonds. The number of rotatable bonds is 5.